The van der Waals surface area contributed by atoms with Gasteiger partial charge in [-0.3, -0.25) is 4.79 Å². The van der Waals surface area contributed by atoms with Gasteiger partial charge in [0.1, 0.15) is 11.9 Å². The molecule has 0 fully saturated rings. The van der Waals surface area contributed by atoms with Crippen LogP contribution in [-0.2, 0) is 4.79 Å². The molecule has 0 amide bonds. The van der Waals surface area contributed by atoms with Crippen LogP contribution in [0.25, 0.3) is 5.52 Å². The molecule has 16 heavy (non-hydrogen) atoms. The van der Waals surface area contributed by atoms with Crippen molar-refractivity contribution in [3.8, 4) is 0 Å². The average Bonchev–Trinajstić information content (AvgIpc) is 2.57. The summed E-state index contributed by atoms with van der Waals surface area (Å²) in [4.78, 5) is 15.1. The fraction of sp³-hybridized carbons (Fsp3) is 0.273. The lowest BCUT2D eigenvalue weighted by atomic mass is 10.1. The summed E-state index contributed by atoms with van der Waals surface area (Å²) in [6.07, 6.45) is 1.85. The number of hydrogen-bond donors (Lipinski definition) is 2. The zero-order chi connectivity index (χ0) is 11.9. The van der Waals surface area contributed by atoms with Crippen LogP contribution in [0, 0.1) is 13.8 Å². The van der Waals surface area contributed by atoms with E-state index in [9.17, 15) is 4.79 Å². The Bertz CT molecular complexity index is 560. The van der Waals surface area contributed by atoms with Crippen molar-refractivity contribution in [2.24, 2.45) is 5.73 Å². The molecule has 1 unspecified atom stereocenters. The van der Waals surface area contributed by atoms with Gasteiger partial charge in [0.15, 0.2) is 0 Å². The zero-order valence-electron chi connectivity index (χ0n) is 9.14. The third-order valence-electron chi connectivity index (χ3n) is 2.63. The second-order valence-corrected chi connectivity index (χ2v) is 3.77. The Morgan fingerprint density at radius 1 is 1.56 bits per heavy atom. The summed E-state index contributed by atoms with van der Waals surface area (Å²) >= 11 is 0. The number of carboxylic acid groups (broad SMARTS) is 1. The Hall–Kier alpha value is -1.88. The maximum Gasteiger partial charge on any atom is 0.326 e. The standard InChI is InChI=1S/C11H13N3O2/c1-6-4-3-5-14-7(2)13-9(10(6)14)8(12)11(15)16/h3-5,8H,12H2,1-2H3,(H,15,16). The van der Waals surface area contributed by atoms with E-state index in [1.807, 2.05) is 36.6 Å². The van der Waals surface area contributed by atoms with Crippen molar-refractivity contribution in [2.45, 2.75) is 19.9 Å². The number of aromatic nitrogens is 2. The molecule has 1 atom stereocenters. The number of rotatable bonds is 2. The van der Waals surface area contributed by atoms with Crippen LogP contribution in [-0.4, -0.2) is 20.5 Å². The molecule has 0 spiro atoms. The Balaban J connectivity index is 2.76. The summed E-state index contributed by atoms with van der Waals surface area (Å²) in [5.74, 6) is -0.325. The molecule has 2 heterocycles. The second-order valence-electron chi connectivity index (χ2n) is 3.77. The number of aliphatic carboxylic acids is 1. The molecule has 5 nitrogen and oxygen atoms in total. The van der Waals surface area contributed by atoms with Gasteiger partial charge in [-0.25, -0.2) is 4.98 Å². The van der Waals surface area contributed by atoms with Crippen LogP contribution in [0.3, 0.4) is 0 Å². The fourth-order valence-electron chi connectivity index (χ4n) is 1.83. The van der Waals surface area contributed by atoms with Crippen molar-refractivity contribution >= 4 is 11.5 Å². The van der Waals surface area contributed by atoms with Crippen LogP contribution in [0.5, 0.6) is 0 Å². The van der Waals surface area contributed by atoms with Gasteiger partial charge >= 0.3 is 5.97 Å². The van der Waals surface area contributed by atoms with E-state index in [0.717, 1.165) is 16.9 Å². The van der Waals surface area contributed by atoms with Crippen LogP contribution < -0.4 is 5.73 Å². The van der Waals surface area contributed by atoms with Crippen molar-refractivity contribution in [2.75, 3.05) is 0 Å². The monoisotopic (exact) mass is 219 g/mol. The Morgan fingerprint density at radius 2 is 2.25 bits per heavy atom. The van der Waals surface area contributed by atoms with Gasteiger partial charge in [-0.15, -0.1) is 0 Å². The minimum atomic E-state index is -1.08. The molecule has 5 heteroatoms. The molecule has 0 bridgehead atoms. The SMILES string of the molecule is Cc1cccn2c(C)nc(C(N)C(=O)O)c12. The number of nitrogens with zero attached hydrogens (tertiary/aromatic N) is 2. The molecule has 0 aliphatic rings. The quantitative estimate of drug-likeness (QED) is 0.790. The van der Waals surface area contributed by atoms with Gasteiger partial charge in [-0.1, -0.05) is 6.07 Å². The first-order chi connectivity index (χ1) is 7.52. The number of nitrogens with two attached hydrogens (primary N) is 1. The normalized spacial score (nSPS) is 12.9. The summed E-state index contributed by atoms with van der Waals surface area (Å²) in [7, 11) is 0. The lowest BCUT2D eigenvalue weighted by Gasteiger charge is -2.05. The molecule has 2 aromatic heterocycles. The maximum atomic E-state index is 10.9. The first-order valence-corrected chi connectivity index (χ1v) is 4.95. The van der Waals surface area contributed by atoms with Gasteiger partial charge in [0.05, 0.1) is 11.2 Å². The lowest BCUT2D eigenvalue weighted by molar-refractivity contribution is -0.138. The molecule has 84 valence electrons. The summed E-state index contributed by atoms with van der Waals surface area (Å²) < 4.78 is 1.85. The maximum absolute atomic E-state index is 10.9. The Labute approximate surface area is 92.5 Å². The van der Waals surface area contributed by atoms with E-state index in [-0.39, 0.29) is 0 Å². The minimum absolute atomic E-state index is 0.420. The van der Waals surface area contributed by atoms with Gasteiger partial charge in [0.25, 0.3) is 0 Å². The molecule has 0 saturated heterocycles. The topological polar surface area (TPSA) is 80.6 Å². The van der Waals surface area contributed by atoms with Crippen molar-refractivity contribution in [1.82, 2.24) is 9.38 Å². The van der Waals surface area contributed by atoms with Crippen LogP contribution in [0.2, 0.25) is 0 Å². The number of carboxylic acids is 1. The van der Waals surface area contributed by atoms with Crippen molar-refractivity contribution in [3.05, 3.63) is 35.4 Å². The molecule has 0 saturated carbocycles. The van der Waals surface area contributed by atoms with Crippen LogP contribution in [0.15, 0.2) is 18.3 Å². The largest absolute Gasteiger partial charge is 0.480 e. The highest BCUT2D eigenvalue weighted by Crippen LogP contribution is 2.21. The number of carbonyl (C=O) groups is 1. The zero-order valence-corrected chi connectivity index (χ0v) is 9.14. The molecular weight excluding hydrogens is 206 g/mol. The van der Waals surface area contributed by atoms with Crippen molar-refractivity contribution in [3.63, 3.8) is 0 Å². The predicted molar refractivity (Wildman–Crippen MR) is 59.2 cm³/mol. The van der Waals surface area contributed by atoms with Crippen LogP contribution >= 0.6 is 0 Å². The fourth-order valence-corrected chi connectivity index (χ4v) is 1.83. The highest BCUT2D eigenvalue weighted by atomic mass is 16.4. The van der Waals surface area contributed by atoms with E-state index < -0.39 is 12.0 Å². The number of aryl methyl sites for hydroxylation is 2. The average molecular weight is 219 g/mol. The summed E-state index contributed by atoms with van der Waals surface area (Å²) in [5, 5.41) is 8.92. The Kier molecular flexibility index (Phi) is 2.40. The highest BCUT2D eigenvalue weighted by Gasteiger charge is 2.22. The molecule has 0 radical (unpaired) electrons. The van der Waals surface area contributed by atoms with E-state index in [1.165, 1.54) is 0 Å². The van der Waals surface area contributed by atoms with Crippen molar-refractivity contribution < 1.29 is 9.90 Å². The van der Waals surface area contributed by atoms with E-state index in [4.69, 9.17) is 10.8 Å². The molecular formula is C11H13N3O2. The Morgan fingerprint density at radius 3 is 2.88 bits per heavy atom. The summed E-state index contributed by atoms with van der Waals surface area (Å²) in [6, 6.07) is 2.73. The number of imidazole rings is 1. The number of fused-ring (bicyclic) bond motifs is 1. The highest BCUT2D eigenvalue weighted by molar-refractivity contribution is 5.79. The van der Waals surface area contributed by atoms with Crippen molar-refractivity contribution in [1.29, 1.82) is 0 Å². The molecule has 0 aromatic carbocycles. The lowest BCUT2D eigenvalue weighted by Crippen LogP contribution is -2.21. The van der Waals surface area contributed by atoms with Crippen LogP contribution in [0.4, 0.5) is 0 Å². The van der Waals surface area contributed by atoms with Gasteiger partial charge in [-0.05, 0) is 25.5 Å². The number of hydrogen-bond acceptors (Lipinski definition) is 3. The van der Waals surface area contributed by atoms with Crippen LogP contribution in [0.1, 0.15) is 23.1 Å². The first kappa shape index (κ1) is 10.6. The first-order valence-electron chi connectivity index (χ1n) is 4.95. The van der Waals surface area contributed by atoms with Gasteiger partial charge in [0.2, 0.25) is 0 Å². The van der Waals surface area contributed by atoms with E-state index in [0.29, 0.717) is 5.69 Å². The van der Waals surface area contributed by atoms with E-state index in [1.54, 1.807) is 0 Å². The molecule has 0 aliphatic heterocycles. The molecule has 2 rings (SSSR count). The van der Waals surface area contributed by atoms with Gasteiger partial charge < -0.3 is 15.2 Å². The third kappa shape index (κ3) is 1.45. The summed E-state index contributed by atoms with van der Waals surface area (Å²) in [6.45, 7) is 3.74. The smallest absolute Gasteiger partial charge is 0.326 e. The minimum Gasteiger partial charge on any atom is -0.480 e. The number of pyridine rings is 1. The molecule has 2 aromatic rings. The van der Waals surface area contributed by atoms with E-state index >= 15 is 0 Å². The molecule has 0 aliphatic carbocycles. The molecule has 3 N–H and O–H groups in total. The predicted octanol–water partition coefficient (Wildman–Crippen LogP) is 1.04. The van der Waals surface area contributed by atoms with Gasteiger partial charge in [0, 0.05) is 6.20 Å². The summed E-state index contributed by atoms with van der Waals surface area (Å²) in [5.41, 5.74) is 7.78. The van der Waals surface area contributed by atoms with E-state index in [2.05, 4.69) is 4.98 Å². The van der Waals surface area contributed by atoms with Gasteiger partial charge in [-0.2, -0.15) is 0 Å². The second kappa shape index (κ2) is 3.61. The third-order valence-corrected chi connectivity index (χ3v) is 2.63.